The predicted octanol–water partition coefficient (Wildman–Crippen LogP) is 2.37. The Morgan fingerprint density at radius 3 is 2.71 bits per heavy atom. The Balaban J connectivity index is 2.66. The smallest absolute Gasteiger partial charge is 0.216 e. The van der Waals surface area contributed by atoms with Crippen molar-refractivity contribution in [3.8, 4) is 5.88 Å². The highest BCUT2D eigenvalue weighted by molar-refractivity contribution is 5.17. The summed E-state index contributed by atoms with van der Waals surface area (Å²) in [6, 6.07) is 2.33. The molecule has 1 rings (SSSR count). The van der Waals surface area contributed by atoms with Gasteiger partial charge in [-0.3, -0.25) is 0 Å². The Bertz CT molecular complexity index is 330. The first-order valence-corrected chi connectivity index (χ1v) is 6.37. The highest BCUT2D eigenvalue weighted by atomic mass is 16.5. The zero-order valence-electron chi connectivity index (χ0n) is 11.2. The molecule has 0 aliphatic heterocycles. The second-order valence-electron chi connectivity index (χ2n) is 4.25. The van der Waals surface area contributed by atoms with Crippen LogP contribution in [-0.2, 0) is 0 Å². The van der Waals surface area contributed by atoms with Crippen molar-refractivity contribution in [1.82, 2.24) is 15.3 Å². The Kier molecular flexibility index (Phi) is 5.91. The summed E-state index contributed by atoms with van der Waals surface area (Å²) >= 11 is 0. The second kappa shape index (κ2) is 7.22. The second-order valence-corrected chi connectivity index (χ2v) is 4.25. The van der Waals surface area contributed by atoms with Crippen LogP contribution in [0.1, 0.15) is 45.7 Å². The monoisotopic (exact) mass is 237 g/mol. The van der Waals surface area contributed by atoms with E-state index in [1.807, 2.05) is 13.0 Å². The quantitative estimate of drug-likeness (QED) is 0.791. The zero-order valence-corrected chi connectivity index (χ0v) is 11.2. The van der Waals surface area contributed by atoms with Gasteiger partial charge in [0.2, 0.25) is 5.88 Å². The Morgan fingerprint density at radius 1 is 1.29 bits per heavy atom. The average Bonchev–Trinajstić information content (AvgIpc) is 2.35. The van der Waals surface area contributed by atoms with Gasteiger partial charge in [-0.1, -0.05) is 13.8 Å². The van der Waals surface area contributed by atoms with Crippen molar-refractivity contribution >= 4 is 0 Å². The fourth-order valence-electron chi connectivity index (χ4n) is 1.63. The van der Waals surface area contributed by atoms with Crippen LogP contribution in [0.4, 0.5) is 0 Å². The summed E-state index contributed by atoms with van der Waals surface area (Å²) in [7, 11) is 0. The van der Waals surface area contributed by atoms with Crippen LogP contribution in [0.5, 0.6) is 5.88 Å². The van der Waals surface area contributed by atoms with Gasteiger partial charge in [-0.05, 0) is 26.8 Å². The molecule has 4 nitrogen and oxygen atoms in total. The first-order valence-electron chi connectivity index (χ1n) is 6.37. The molecule has 0 spiro atoms. The normalized spacial score (nSPS) is 14.4. The molecule has 0 saturated heterocycles. The van der Waals surface area contributed by atoms with Gasteiger partial charge in [0.05, 0.1) is 12.3 Å². The van der Waals surface area contributed by atoms with Crippen LogP contribution in [0.2, 0.25) is 0 Å². The predicted molar refractivity (Wildman–Crippen MR) is 69.4 cm³/mol. The number of nitrogens with zero attached hydrogens (tertiary/aromatic N) is 2. The van der Waals surface area contributed by atoms with Gasteiger partial charge in [-0.15, -0.1) is 0 Å². The molecule has 4 heteroatoms. The molecule has 2 atom stereocenters. The molecule has 1 aromatic rings. The van der Waals surface area contributed by atoms with Crippen molar-refractivity contribution in [3.05, 3.63) is 18.1 Å². The fraction of sp³-hybridized carbons (Fsp3) is 0.692. The first-order chi connectivity index (χ1) is 8.19. The molecule has 0 fully saturated rings. The van der Waals surface area contributed by atoms with Gasteiger partial charge in [0, 0.05) is 18.0 Å². The molecule has 0 saturated carbocycles. The average molecular weight is 237 g/mol. The van der Waals surface area contributed by atoms with Crippen LogP contribution in [0.15, 0.2) is 12.4 Å². The van der Waals surface area contributed by atoms with Gasteiger partial charge in [0.15, 0.2) is 0 Å². The van der Waals surface area contributed by atoms with Gasteiger partial charge in [-0.2, -0.15) is 0 Å². The third-order valence-corrected chi connectivity index (χ3v) is 2.89. The minimum Gasteiger partial charge on any atom is -0.478 e. The summed E-state index contributed by atoms with van der Waals surface area (Å²) in [6.45, 7) is 10.1. The van der Waals surface area contributed by atoms with Gasteiger partial charge >= 0.3 is 0 Å². The molecule has 0 aliphatic carbocycles. The summed E-state index contributed by atoms with van der Waals surface area (Å²) in [4.78, 5) is 8.40. The highest BCUT2D eigenvalue weighted by Gasteiger charge is 2.15. The zero-order chi connectivity index (χ0) is 12.7. The highest BCUT2D eigenvalue weighted by Crippen LogP contribution is 2.19. The van der Waals surface area contributed by atoms with Crippen LogP contribution >= 0.6 is 0 Å². The Labute approximate surface area is 104 Å². The van der Waals surface area contributed by atoms with Crippen molar-refractivity contribution < 1.29 is 4.74 Å². The van der Waals surface area contributed by atoms with Crippen LogP contribution in [-0.4, -0.2) is 29.2 Å². The topological polar surface area (TPSA) is 47.0 Å². The van der Waals surface area contributed by atoms with E-state index >= 15 is 0 Å². The fourth-order valence-corrected chi connectivity index (χ4v) is 1.63. The molecule has 0 aliphatic rings. The van der Waals surface area contributed by atoms with Crippen molar-refractivity contribution in [2.24, 2.45) is 0 Å². The minimum atomic E-state index is 0.351. The molecular formula is C13H23N3O. The molecule has 0 bridgehead atoms. The lowest BCUT2D eigenvalue weighted by Gasteiger charge is -2.20. The third-order valence-electron chi connectivity index (χ3n) is 2.89. The van der Waals surface area contributed by atoms with E-state index < -0.39 is 0 Å². The third kappa shape index (κ3) is 4.30. The van der Waals surface area contributed by atoms with E-state index in [2.05, 4.69) is 36.1 Å². The summed E-state index contributed by atoms with van der Waals surface area (Å²) < 4.78 is 5.39. The van der Waals surface area contributed by atoms with Crippen LogP contribution in [0.3, 0.4) is 0 Å². The van der Waals surface area contributed by atoms with Crippen LogP contribution in [0.25, 0.3) is 0 Å². The molecule has 0 radical (unpaired) electrons. The summed E-state index contributed by atoms with van der Waals surface area (Å²) in [5.41, 5.74) is 1.03. The number of rotatable bonds is 7. The molecule has 2 unspecified atom stereocenters. The SMILES string of the molecule is CCCNC(C)C(C)c1cc(OCC)ncn1. The van der Waals surface area contributed by atoms with Crippen molar-refractivity contribution in [2.75, 3.05) is 13.2 Å². The maximum absolute atomic E-state index is 5.39. The van der Waals surface area contributed by atoms with E-state index in [9.17, 15) is 0 Å². The molecular weight excluding hydrogens is 214 g/mol. The Hall–Kier alpha value is -1.16. The van der Waals surface area contributed by atoms with Crippen molar-refractivity contribution in [2.45, 2.75) is 46.1 Å². The summed E-state index contributed by atoms with van der Waals surface area (Å²) in [5.74, 6) is 1.01. The molecule has 1 N–H and O–H groups in total. The van der Waals surface area contributed by atoms with Gasteiger partial charge in [-0.25, -0.2) is 9.97 Å². The van der Waals surface area contributed by atoms with E-state index in [1.165, 1.54) is 0 Å². The van der Waals surface area contributed by atoms with E-state index in [0.29, 0.717) is 24.4 Å². The lowest BCUT2D eigenvalue weighted by atomic mass is 9.99. The number of hydrogen-bond donors (Lipinski definition) is 1. The lowest BCUT2D eigenvalue weighted by molar-refractivity contribution is 0.324. The summed E-state index contributed by atoms with van der Waals surface area (Å²) in [6.07, 6.45) is 2.72. The largest absolute Gasteiger partial charge is 0.478 e. The number of ether oxygens (including phenoxy) is 1. The number of aromatic nitrogens is 2. The standard InChI is InChI=1S/C13H23N3O/c1-5-7-14-11(4)10(3)12-8-13(17-6-2)16-9-15-12/h8-11,14H,5-7H2,1-4H3. The van der Waals surface area contributed by atoms with E-state index in [1.54, 1.807) is 6.33 Å². The molecule has 0 aromatic carbocycles. The van der Waals surface area contributed by atoms with Crippen LogP contribution < -0.4 is 10.1 Å². The molecule has 0 amide bonds. The van der Waals surface area contributed by atoms with Crippen molar-refractivity contribution in [3.63, 3.8) is 0 Å². The van der Waals surface area contributed by atoms with Gasteiger partial charge in [0.25, 0.3) is 0 Å². The van der Waals surface area contributed by atoms with Crippen molar-refractivity contribution in [1.29, 1.82) is 0 Å². The maximum Gasteiger partial charge on any atom is 0.216 e. The molecule has 96 valence electrons. The van der Waals surface area contributed by atoms with Gasteiger partial charge < -0.3 is 10.1 Å². The molecule has 1 heterocycles. The van der Waals surface area contributed by atoms with Crippen LogP contribution in [0, 0.1) is 0 Å². The van der Waals surface area contributed by atoms with E-state index in [-0.39, 0.29) is 0 Å². The van der Waals surface area contributed by atoms with Gasteiger partial charge in [0.1, 0.15) is 6.33 Å². The van der Waals surface area contributed by atoms with E-state index in [0.717, 1.165) is 18.7 Å². The Morgan fingerprint density at radius 2 is 2.06 bits per heavy atom. The molecule has 17 heavy (non-hydrogen) atoms. The lowest BCUT2D eigenvalue weighted by Crippen LogP contribution is -2.31. The number of hydrogen-bond acceptors (Lipinski definition) is 4. The molecule has 1 aromatic heterocycles. The minimum absolute atomic E-state index is 0.351. The maximum atomic E-state index is 5.39. The summed E-state index contributed by atoms with van der Waals surface area (Å²) in [5, 5.41) is 3.48. The van der Waals surface area contributed by atoms with E-state index in [4.69, 9.17) is 4.74 Å². The first kappa shape index (κ1) is 13.9. The number of nitrogens with one attached hydrogen (secondary N) is 1.